The fraction of sp³-hybridized carbons (Fsp3) is 0.667. The molecule has 0 radical (unpaired) electrons. The first-order chi connectivity index (χ1) is 12.0. The number of aliphatic hydroxyl groups is 1. The van der Waals surface area contributed by atoms with E-state index in [1.165, 1.54) is 31.3 Å². The molecule has 1 aliphatic rings. The lowest BCUT2D eigenvalue weighted by molar-refractivity contribution is -0.144. The Morgan fingerprint density at radius 2 is 2.12 bits per heavy atom. The second-order valence-electron chi connectivity index (χ2n) is 7.04. The predicted molar refractivity (Wildman–Crippen MR) is 99.3 cm³/mol. The Balaban J connectivity index is 2.37. The number of carboxylic acids is 1. The summed E-state index contributed by atoms with van der Waals surface area (Å²) >= 11 is 0. The first kappa shape index (κ1) is 21.4. The Bertz CT molecular complexity index is 526. The summed E-state index contributed by atoms with van der Waals surface area (Å²) in [5.74, 6) is -0.236. The molecule has 0 spiro atoms. The van der Waals surface area contributed by atoms with E-state index in [4.69, 9.17) is 10.2 Å². The Morgan fingerprint density at radius 1 is 1.40 bits per heavy atom. The number of carboxylic acid groups (broad SMARTS) is 1. The van der Waals surface area contributed by atoms with Crippen LogP contribution in [0.5, 0.6) is 0 Å². The molecule has 4 nitrogen and oxygen atoms in total. The van der Waals surface area contributed by atoms with E-state index >= 15 is 0 Å². The fourth-order valence-electron chi connectivity index (χ4n) is 3.26. The van der Waals surface area contributed by atoms with Gasteiger partial charge in [-0.2, -0.15) is 0 Å². The molecule has 1 rings (SSSR count). The molecule has 1 aliphatic carbocycles. The normalized spacial score (nSPS) is 19.1. The van der Waals surface area contributed by atoms with Gasteiger partial charge in [0.25, 0.3) is 0 Å². The number of ketones is 1. The smallest absolute Gasteiger partial charge is 0.337 e. The molecule has 0 saturated heterocycles. The third-order valence-electron chi connectivity index (χ3n) is 4.84. The highest BCUT2D eigenvalue weighted by molar-refractivity contribution is 5.88. The van der Waals surface area contributed by atoms with E-state index in [0.29, 0.717) is 12.8 Å². The summed E-state index contributed by atoms with van der Waals surface area (Å²) in [7, 11) is 0. The van der Waals surface area contributed by atoms with Crippen molar-refractivity contribution in [3.63, 3.8) is 0 Å². The van der Waals surface area contributed by atoms with Gasteiger partial charge in [0.05, 0.1) is 0 Å². The molecule has 3 atom stereocenters. The van der Waals surface area contributed by atoms with Crippen molar-refractivity contribution in [3.8, 4) is 0 Å². The summed E-state index contributed by atoms with van der Waals surface area (Å²) in [6.07, 6.45) is 12.5. The minimum atomic E-state index is -1.52. The maximum Gasteiger partial charge on any atom is 0.337 e. The third kappa shape index (κ3) is 8.33. The largest absolute Gasteiger partial charge is 0.479 e. The molecule has 0 aliphatic heterocycles. The van der Waals surface area contributed by atoms with Crippen LogP contribution in [0.25, 0.3) is 0 Å². The molecule has 0 aromatic carbocycles. The number of Topliss-reactive ketones (excluding diaryl/α,β-unsaturated/α-hetero) is 1. The average molecular weight is 348 g/mol. The van der Waals surface area contributed by atoms with Gasteiger partial charge in [0.15, 0.2) is 6.10 Å². The molecule has 2 unspecified atom stereocenters. The zero-order chi connectivity index (χ0) is 18.7. The van der Waals surface area contributed by atoms with Crippen LogP contribution < -0.4 is 0 Å². The molecule has 140 valence electrons. The summed E-state index contributed by atoms with van der Waals surface area (Å²) in [6, 6.07) is 0. The number of rotatable bonds is 12. The Morgan fingerprint density at radius 3 is 2.80 bits per heavy atom. The number of allylic oxidation sites excluding steroid dienone is 2. The number of hydrogen-bond donors (Lipinski definition) is 2. The molecule has 0 heterocycles. The zero-order valence-electron chi connectivity index (χ0n) is 15.5. The Hall–Kier alpha value is -1.64. The predicted octanol–water partition coefficient (Wildman–Crippen LogP) is 4.44. The first-order valence-corrected chi connectivity index (χ1v) is 9.49. The lowest BCUT2D eigenvalue weighted by Crippen LogP contribution is -2.15. The number of hydrogen-bond acceptors (Lipinski definition) is 3. The van der Waals surface area contributed by atoms with Crippen LogP contribution in [0.3, 0.4) is 0 Å². The van der Waals surface area contributed by atoms with Gasteiger partial charge >= 0.3 is 5.97 Å². The van der Waals surface area contributed by atoms with Crippen molar-refractivity contribution in [3.05, 3.63) is 29.5 Å². The third-order valence-corrected chi connectivity index (χ3v) is 4.84. The van der Waals surface area contributed by atoms with Crippen molar-refractivity contribution in [2.75, 3.05) is 0 Å². The molecule has 0 bridgehead atoms. The van der Waals surface area contributed by atoms with Crippen LogP contribution in [0.2, 0.25) is 0 Å². The van der Waals surface area contributed by atoms with Crippen LogP contribution in [0.4, 0.5) is 0 Å². The van der Waals surface area contributed by atoms with Crippen LogP contribution >= 0.6 is 0 Å². The molecular formula is C21H32O4. The van der Waals surface area contributed by atoms with E-state index in [2.05, 4.69) is 25.7 Å². The van der Waals surface area contributed by atoms with Gasteiger partial charge in [0, 0.05) is 12.3 Å². The summed E-state index contributed by atoms with van der Waals surface area (Å²) in [6.45, 7) is 4.53. The molecule has 0 amide bonds. The van der Waals surface area contributed by atoms with Gasteiger partial charge in [-0.3, -0.25) is 4.79 Å². The Labute approximate surface area is 151 Å². The molecule has 2 N–H and O–H groups in total. The minimum Gasteiger partial charge on any atom is -0.479 e. The maximum atomic E-state index is 12.1. The van der Waals surface area contributed by atoms with Gasteiger partial charge in [-0.25, -0.2) is 4.79 Å². The number of carbonyl (C=O) groups excluding carboxylic acids is 1. The van der Waals surface area contributed by atoms with Gasteiger partial charge in [-0.05, 0) is 43.8 Å². The van der Waals surface area contributed by atoms with Crippen LogP contribution in [0, 0.1) is 11.8 Å². The quantitative estimate of drug-likeness (QED) is 0.404. The van der Waals surface area contributed by atoms with Gasteiger partial charge in [0.2, 0.25) is 0 Å². The highest BCUT2D eigenvalue weighted by Gasteiger charge is 2.26. The monoisotopic (exact) mass is 348 g/mol. The standard InChI is InChI=1S/C21H32O4/c1-3-4-9-16(2)10-8-11-17-14-15-19(22)18(17)12-6-5-7-13-20(23)21(24)25/h5,13-14,16,18,20,23H,3-4,6,8-12,15H2,1-2H3,(H,24,25)/t7?,16?,18-,20?/m1/s1. The maximum absolute atomic E-state index is 12.1. The van der Waals surface area contributed by atoms with E-state index < -0.39 is 12.1 Å². The number of aliphatic hydroxyl groups excluding tert-OH is 1. The van der Waals surface area contributed by atoms with E-state index in [-0.39, 0.29) is 11.7 Å². The van der Waals surface area contributed by atoms with Crippen molar-refractivity contribution in [1.29, 1.82) is 0 Å². The van der Waals surface area contributed by atoms with Crippen molar-refractivity contribution < 1.29 is 19.8 Å². The zero-order valence-corrected chi connectivity index (χ0v) is 15.5. The van der Waals surface area contributed by atoms with Crippen LogP contribution in [0.15, 0.2) is 29.5 Å². The van der Waals surface area contributed by atoms with Crippen LogP contribution in [0.1, 0.15) is 71.6 Å². The topological polar surface area (TPSA) is 74.6 Å². The summed E-state index contributed by atoms with van der Waals surface area (Å²) in [5.41, 5.74) is 3.96. The van der Waals surface area contributed by atoms with Crippen LogP contribution in [-0.2, 0) is 9.59 Å². The van der Waals surface area contributed by atoms with E-state index in [1.54, 1.807) is 6.08 Å². The molecule has 0 aromatic heterocycles. The second-order valence-corrected chi connectivity index (χ2v) is 7.04. The lowest BCUT2D eigenvalue weighted by Gasteiger charge is -2.15. The van der Waals surface area contributed by atoms with Gasteiger partial charge in [-0.1, -0.05) is 51.2 Å². The lowest BCUT2D eigenvalue weighted by atomic mass is 9.90. The summed E-state index contributed by atoms with van der Waals surface area (Å²) in [5, 5.41) is 17.7. The van der Waals surface area contributed by atoms with Crippen molar-refractivity contribution in [2.24, 2.45) is 11.8 Å². The van der Waals surface area contributed by atoms with E-state index in [0.717, 1.165) is 31.3 Å². The molecule has 0 fully saturated rings. The summed E-state index contributed by atoms with van der Waals surface area (Å²) in [4.78, 5) is 22.5. The van der Waals surface area contributed by atoms with Crippen LogP contribution in [-0.4, -0.2) is 28.1 Å². The Kier molecular flexibility index (Phi) is 10.1. The number of unbranched alkanes of at least 4 members (excludes halogenated alkanes) is 1. The van der Waals surface area contributed by atoms with Gasteiger partial charge in [0.1, 0.15) is 5.78 Å². The molecule has 4 heteroatoms. The number of carbonyl (C=O) groups is 2. The van der Waals surface area contributed by atoms with E-state index in [1.807, 2.05) is 0 Å². The van der Waals surface area contributed by atoms with Gasteiger partial charge < -0.3 is 10.2 Å². The average Bonchev–Trinajstić information content (AvgIpc) is 2.92. The molecule has 25 heavy (non-hydrogen) atoms. The fourth-order valence-corrected chi connectivity index (χ4v) is 3.26. The van der Waals surface area contributed by atoms with Crippen molar-refractivity contribution in [1.82, 2.24) is 0 Å². The number of aliphatic carboxylic acids is 1. The highest BCUT2D eigenvalue weighted by Crippen LogP contribution is 2.31. The molecular weight excluding hydrogens is 316 g/mol. The van der Waals surface area contributed by atoms with Crippen molar-refractivity contribution in [2.45, 2.75) is 77.7 Å². The SMILES string of the molecule is CCCCC(C)CCCC1=CCC(=O)[C@@H]1CCC=C=CC(O)C(=O)O. The van der Waals surface area contributed by atoms with Crippen molar-refractivity contribution >= 4 is 11.8 Å². The van der Waals surface area contributed by atoms with E-state index in [9.17, 15) is 9.59 Å². The molecule has 0 aromatic rings. The summed E-state index contributed by atoms with van der Waals surface area (Å²) < 4.78 is 0. The second kappa shape index (κ2) is 11.8. The van der Waals surface area contributed by atoms with Gasteiger partial charge in [-0.15, -0.1) is 5.73 Å². The minimum absolute atomic E-state index is 0.00777. The first-order valence-electron chi connectivity index (χ1n) is 9.49. The highest BCUT2D eigenvalue weighted by atomic mass is 16.4. The molecule has 0 saturated carbocycles.